The second-order valence-electron chi connectivity index (χ2n) is 9.46. The number of ether oxygens (including phenoxy) is 3. The molecule has 4 aromatic carbocycles. The standard InChI is InChI=1S/C30H22O10/c1-38-26-22(36)10-16(3-2-14-8-18(32)11-19(33)9-14)24-27(26)40-29(37)30(24)25-21(35)12-20(34)13-23(25)39-28(30)15-4-6-17(31)7-5-15/h2-13,28,31-36H,1H3/b3-2-/t28-,30-/m1/s1. The summed E-state index contributed by atoms with van der Waals surface area (Å²) in [6.07, 6.45) is 1.94. The molecule has 10 nitrogen and oxygen atoms in total. The Morgan fingerprint density at radius 2 is 1.45 bits per heavy atom. The van der Waals surface area contributed by atoms with E-state index in [4.69, 9.17) is 14.2 Å². The predicted octanol–water partition coefficient (Wildman–Crippen LogP) is 4.44. The van der Waals surface area contributed by atoms with Crippen molar-refractivity contribution >= 4 is 18.1 Å². The summed E-state index contributed by atoms with van der Waals surface area (Å²) in [5, 5.41) is 61.8. The highest BCUT2D eigenvalue weighted by molar-refractivity contribution is 6.01. The summed E-state index contributed by atoms with van der Waals surface area (Å²) in [5.74, 6) is -2.46. The summed E-state index contributed by atoms with van der Waals surface area (Å²) >= 11 is 0. The van der Waals surface area contributed by atoms with Crippen molar-refractivity contribution < 1.29 is 49.6 Å². The summed E-state index contributed by atoms with van der Waals surface area (Å²) in [7, 11) is 1.30. The van der Waals surface area contributed by atoms with Gasteiger partial charge in [-0.2, -0.15) is 0 Å². The van der Waals surface area contributed by atoms with E-state index in [1.54, 1.807) is 24.3 Å². The number of methoxy groups -OCH3 is 1. The molecule has 202 valence electrons. The first-order chi connectivity index (χ1) is 19.1. The molecule has 0 bridgehead atoms. The van der Waals surface area contributed by atoms with Crippen LogP contribution < -0.4 is 14.2 Å². The summed E-state index contributed by atoms with van der Waals surface area (Å²) in [6.45, 7) is 0. The normalized spacial score (nSPS) is 18.9. The molecule has 1 spiro atoms. The van der Waals surface area contributed by atoms with Crippen molar-refractivity contribution in [2.45, 2.75) is 11.5 Å². The maximum absolute atomic E-state index is 14.0. The molecule has 0 aliphatic carbocycles. The Morgan fingerprint density at radius 3 is 2.12 bits per heavy atom. The van der Waals surface area contributed by atoms with Crippen LogP contribution in [0.4, 0.5) is 0 Å². The molecular formula is C30H22O10. The van der Waals surface area contributed by atoms with Crippen LogP contribution >= 0.6 is 0 Å². The number of phenols is 6. The van der Waals surface area contributed by atoms with Crippen molar-refractivity contribution in [3.63, 3.8) is 0 Å². The Bertz CT molecular complexity index is 1700. The summed E-state index contributed by atoms with van der Waals surface area (Å²) in [6, 6.07) is 13.6. The fourth-order valence-corrected chi connectivity index (χ4v) is 5.51. The lowest BCUT2D eigenvalue weighted by atomic mass is 9.68. The van der Waals surface area contributed by atoms with Crippen LogP contribution in [0, 0.1) is 0 Å². The van der Waals surface area contributed by atoms with Crippen molar-refractivity contribution in [3.05, 3.63) is 88.5 Å². The molecule has 0 saturated carbocycles. The minimum Gasteiger partial charge on any atom is -0.508 e. The Morgan fingerprint density at radius 1 is 0.775 bits per heavy atom. The fourth-order valence-electron chi connectivity index (χ4n) is 5.51. The summed E-state index contributed by atoms with van der Waals surface area (Å²) in [5.41, 5.74) is -0.491. The van der Waals surface area contributed by atoms with Crippen LogP contribution in [-0.4, -0.2) is 43.7 Å². The highest BCUT2D eigenvalue weighted by Gasteiger charge is 2.65. The smallest absolute Gasteiger partial charge is 0.331 e. The fraction of sp³-hybridized carbons (Fsp3) is 0.100. The van der Waals surface area contributed by atoms with E-state index in [-0.39, 0.29) is 62.7 Å². The molecular weight excluding hydrogens is 520 g/mol. The SMILES string of the molecule is COc1c(O)cc(/C=C\c2cc(O)cc(O)c2)c2c1OC(=O)[C@@]21c2c(O)cc(O)cc2O[C@@H]1c1ccc(O)cc1. The monoisotopic (exact) mass is 542 g/mol. The van der Waals surface area contributed by atoms with E-state index in [1.165, 1.54) is 49.6 Å². The lowest BCUT2D eigenvalue weighted by Crippen LogP contribution is -2.40. The number of carbonyl (C=O) groups is 1. The molecule has 6 N–H and O–H groups in total. The molecule has 10 heteroatoms. The lowest BCUT2D eigenvalue weighted by Gasteiger charge is -2.29. The molecule has 0 unspecified atom stereocenters. The number of hydrogen-bond donors (Lipinski definition) is 6. The highest BCUT2D eigenvalue weighted by Crippen LogP contribution is 2.65. The minimum atomic E-state index is -1.85. The van der Waals surface area contributed by atoms with Gasteiger partial charge < -0.3 is 44.8 Å². The largest absolute Gasteiger partial charge is 0.508 e. The Hall–Kier alpha value is -5.51. The average Bonchev–Trinajstić information content (AvgIpc) is 3.38. The molecule has 40 heavy (non-hydrogen) atoms. The van der Waals surface area contributed by atoms with Crippen molar-refractivity contribution in [2.24, 2.45) is 0 Å². The van der Waals surface area contributed by atoms with Gasteiger partial charge in [-0.25, -0.2) is 0 Å². The van der Waals surface area contributed by atoms with Crippen molar-refractivity contribution in [1.82, 2.24) is 0 Å². The van der Waals surface area contributed by atoms with E-state index in [1.807, 2.05) is 0 Å². The van der Waals surface area contributed by atoms with E-state index in [0.717, 1.165) is 6.07 Å². The maximum atomic E-state index is 14.0. The zero-order chi connectivity index (χ0) is 28.3. The van der Waals surface area contributed by atoms with E-state index >= 15 is 0 Å². The van der Waals surface area contributed by atoms with Gasteiger partial charge >= 0.3 is 5.97 Å². The van der Waals surface area contributed by atoms with Crippen LogP contribution in [0.1, 0.15) is 33.9 Å². The number of carbonyl (C=O) groups excluding carboxylic acids is 1. The van der Waals surface area contributed by atoms with Gasteiger partial charge in [0.1, 0.15) is 40.6 Å². The third-order valence-electron chi connectivity index (χ3n) is 7.04. The van der Waals surface area contributed by atoms with Gasteiger partial charge in [-0.15, -0.1) is 0 Å². The molecule has 0 fully saturated rings. The Labute approximate surface area is 226 Å². The molecule has 0 saturated heterocycles. The molecule has 2 atom stereocenters. The number of fused-ring (bicyclic) bond motifs is 4. The van der Waals surface area contributed by atoms with Crippen LogP contribution in [0.5, 0.6) is 51.7 Å². The van der Waals surface area contributed by atoms with E-state index in [9.17, 15) is 35.4 Å². The van der Waals surface area contributed by atoms with Gasteiger partial charge in [-0.3, -0.25) is 4.79 Å². The Balaban J connectivity index is 1.68. The second-order valence-corrected chi connectivity index (χ2v) is 9.46. The first-order valence-corrected chi connectivity index (χ1v) is 12.0. The number of phenolic OH excluding ortho intramolecular Hbond substituents is 6. The Kier molecular flexibility index (Phi) is 5.44. The summed E-state index contributed by atoms with van der Waals surface area (Å²) < 4.78 is 17.4. The van der Waals surface area contributed by atoms with Crippen LogP contribution in [0.25, 0.3) is 12.2 Å². The van der Waals surface area contributed by atoms with Gasteiger partial charge in [-0.05, 0) is 47.0 Å². The lowest BCUT2D eigenvalue weighted by molar-refractivity contribution is -0.139. The molecule has 2 heterocycles. The third-order valence-corrected chi connectivity index (χ3v) is 7.04. The second kappa shape index (κ2) is 8.77. The molecule has 0 aromatic heterocycles. The zero-order valence-corrected chi connectivity index (χ0v) is 20.8. The number of benzene rings is 4. The van der Waals surface area contributed by atoms with Crippen molar-refractivity contribution in [3.8, 4) is 51.7 Å². The van der Waals surface area contributed by atoms with E-state index in [2.05, 4.69) is 0 Å². The highest BCUT2D eigenvalue weighted by atomic mass is 16.6. The molecule has 0 radical (unpaired) electrons. The van der Waals surface area contributed by atoms with E-state index < -0.39 is 23.2 Å². The van der Waals surface area contributed by atoms with Crippen LogP contribution in [0.3, 0.4) is 0 Å². The van der Waals surface area contributed by atoms with Gasteiger partial charge in [-0.1, -0.05) is 24.3 Å². The topological polar surface area (TPSA) is 166 Å². The number of hydrogen-bond acceptors (Lipinski definition) is 10. The van der Waals surface area contributed by atoms with Gasteiger partial charge in [0, 0.05) is 23.8 Å². The number of esters is 1. The predicted molar refractivity (Wildman–Crippen MR) is 141 cm³/mol. The molecule has 4 aromatic rings. The van der Waals surface area contributed by atoms with Crippen LogP contribution in [0.2, 0.25) is 0 Å². The van der Waals surface area contributed by atoms with Gasteiger partial charge in [0.05, 0.1) is 12.7 Å². The molecule has 2 aliphatic heterocycles. The first-order valence-electron chi connectivity index (χ1n) is 12.0. The van der Waals surface area contributed by atoms with Crippen molar-refractivity contribution in [1.29, 1.82) is 0 Å². The van der Waals surface area contributed by atoms with Crippen molar-refractivity contribution in [2.75, 3.05) is 7.11 Å². The zero-order valence-electron chi connectivity index (χ0n) is 20.8. The average molecular weight is 542 g/mol. The van der Waals surface area contributed by atoms with Gasteiger partial charge in [0.15, 0.2) is 16.9 Å². The van der Waals surface area contributed by atoms with Crippen LogP contribution in [0.15, 0.2) is 60.7 Å². The number of aromatic hydroxyl groups is 6. The van der Waals surface area contributed by atoms with Gasteiger partial charge in [0.25, 0.3) is 0 Å². The number of rotatable bonds is 4. The minimum absolute atomic E-state index is 0.0206. The maximum Gasteiger partial charge on any atom is 0.331 e. The first kappa shape index (κ1) is 24.8. The molecule has 6 rings (SSSR count). The molecule has 2 aliphatic rings. The quantitative estimate of drug-likeness (QED) is 0.123. The summed E-state index contributed by atoms with van der Waals surface area (Å²) in [4.78, 5) is 14.0. The van der Waals surface area contributed by atoms with Crippen LogP contribution in [-0.2, 0) is 10.2 Å². The van der Waals surface area contributed by atoms with E-state index in [0.29, 0.717) is 11.1 Å². The third kappa shape index (κ3) is 3.53. The molecule has 0 amide bonds. The van der Waals surface area contributed by atoms with Gasteiger partial charge in [0.2, 0.25) is 5.75 Å².